The van der Waals surface area contributed by atoms with E-state index in [1.165, 1.54) is 12.3 Å². The summed E-state index contributed by atoms with van der Waals surface area (Å²) in [5.41, 5.74) is 11.8. The fourth-order valence-electron chi connectivity index (χ4n) is 2.03. The number of aliphatic imine (C=N–C) groups is 1. The number of aliphatic hydroxyl groups is 4. The maximum Gasteiger partial charge on any atom is 0.229 e. The Labute approximate surface area is 112 Å². The minimum absolute atomic E-state index is 0.0743. The third-order valence-electron chi connectivity index (χ3n) is 3.09. The van der Waals surface area contributed by atoms with Crippen LogP contribution in [0.1, 0.15) is 0 Å². The van der Waals surface area contributed by atoms with Crippen molar-refractivity contribution in [3.05, 3.63) is 22.7 Å². The molecule has 0 saturated carbocycles. The number of rotatable bonds is 3. The molecule has 2 rings (SSSR count). The van der Waals surface area contributed by atoms with E-state index in [4.69, 9.17) is 16.0 Å². The molecule has 1 fully saturated rings. The molecule has 2 unspecified atom stereocenters. The lowest BCUT2D eigenvalue weighted by atomic mass is 10.1. The second kappa shape index (κ2) is 5.25. The van der Waals surface area contributed by atoms with Gasteiger partial charge in [-0.25, -0.2) is 4.99 Å². The molecule has 11 nitrogen and oxygen atoms in total. The first kappa shape index (κ1) is 14.5. The average molecular weight is 286 g/mol. The number of aliphatic hydroxyl groups excluding tert-OH is 4. The quantitative estimate of drug-likeness (QED) is 0.216. The molecule has 0 bridgehead atoms. The molecule has 0 radical (unpaired) electrons. The Morgan fingerprint density at radius 3 is 2.80 bits per heavy atom. The van der Waals surface area contributed by atoms with E-state index in [-0.39, 0.29) is 5.84 Å². The number of hydrogen-bond donors (Lipinski definition) is 5. The van der Waals surface area contributed by atoms with Crippen molar-refractivity contribution in [2.45, 2.75) is 30.5 Å². The summed E-state index contributed by atoms with van der Waals surface area (Å²) in [7, 11) is 0. The Kier molecular flexibility index (Phi) is 3.81. The van der Waals surface area contributed by atoms with Gasteiger partial charge in [-0.15, -0.1) is 0 Å². The van der Waals surface area contributed by atoms with Crippen LogP contribution in [0, 0.1) is 0 Å². The monoisotopic (exact) mass is 286 g/mol. The van der Waals surface area contributed by atoms with Gasteiger partial charge in [0.1, 0.15) is 18.0 Å². The van der Waals surface area contributed by atoms with Crippen LogP contribution in [-0.2, 0) is 4.74 Å². The highest BCUT2D eigenvalue weighted by Gasteiger charge is 2.56. The SMILES string of the molecule is [N-]=[N+]=NC1(CO)O[C@@H](N2C=CC(N)=NC2O)[C@H](O)[C@@H]1O. The molecule has 2 heterocycles. The van der Waals surface area contributed by atoms with Crippen molar-refractivity contribution in [3.8, 4) is 0 Å². The Morgan fingerprint density at radius 2 is 2.25 bits per heavy atom. The molecule has 0 aromatic rings. The minimum Gasteiger partial charge on any atom is -0.393 e. The van der Waals surface area contributed by atoms with Crippen molar-refractivity contribution < 1.29 is 25.2 Å². The fourth-order valence-corrected chi connectivity index (χ4v) is 2.03. The van der Waals surface area contributed by atoms with Crippen LogP contribution in [0.2, 0.25) is 0 Å². The fraction of sp³-hybridized carbons (Fsp3) is 0.667. The summed E-state index contributed by atoms with van der Waals surface area (Å²) >= 11 is 0. The van der Waals surface area contributed by atoms with Crippen molar-refractivity contribution in [3.63, 3.8) is 0 Å². The van der Waals surface area contributed by atoms with Crippen LogP contribution in [0.3, 0.4) is 0 Å². The van der Waals surface area contributed by atoms with E-state index >= 15 is 0 Å². The molecular formula is C9H14N6O5. The average Bonchev–Trinajstić information content (AvgIpc) is 2.65. The van der Waals surface area contributed by atoms with Crippen LogP contribution in [0.4, 0.5) is 0 Å². The van der Waals surface area contributed by atoms with Crippen LogP contribution in [0.15, 0.2) is 22.4 Å². The van der Waals surface area contributed by atoms with Gasteiger partial charge in [0.15, 0.2) is 6.23 Å². The van der Waals surface area contributed by atoms with Gasteiger partial charge >= 0.3 is 0 Å². The number of amidine groups is 1. The lowest BCUT2D eigenvalue weighted by Crippen LogP contribution is -2.47. The van der Waals surface area contributed by atoms with E-state index in [0.717, 1.165) is 4.90 Å². The van der Waals surface area contributed by atoms with Gasteiger partial charge < -0.3 is 35.8 Å². The molecular weight excluding hydrogens is 272 g/mol. The highest BCUT2D eigenvalue weighted by Crippen LogP contribution is 2.35. The number of nitrogens with zero attached hydrogens (tertiary/aromatic N) is 5. The molecule has 2 aliphatic heterocycles. The maximum absolute atomic E-state index is 9.95. The normalized spacial score (nSPS) is 40.4. The van der Waals surface area contributed by atoms with E-state index < -0.39 is 37.1 Å². The molecule has 0 amide bonds. The third-order valence-corrected chi connectivity index (χ3v) is 3.09. The van der Waals surface area contributed by atoms with Crippen molar-refractivity contribution in [2.75, 3.05) is 6.61 Å². The standard InChI is InChI=1S/C9H14N6O5/c10-4-1-2-15(8(19)12-4)7-5(17)6(18)9(3-16,20-7)13-14-11/h1-2,5-8,16-19H,3H2,(H2,10,12)/t5-,6+,7-,8?,9?/m1/s1. The molecule has 5 atom stereocenters. The van der Waals surface area contributed by atoms with Gasteiger partial charge in [0.05, 0.1) is 6.61 Å². The second-order valence-electron chi connectivity index (χ2n) is 4.30. The van der Waals surface area contributed by atoms with Gasteiger partial charge in [-0.1, -0.05) is 5.11 Å². The first-order chi connectivity index (χ1) is 9.45. The van der Waals surface area contributed by atoms with Crippen LogP contribution in [-0.4, -0.2) is 68.3 Å². The number of ether oxygens (including phenoxy) is 1. The largest absolute Gasteiger partial charge is 0.393 e. The predicted octanol–water partition coefficient (Wildman–Crippen LogP) is -2.47. The Balaban J connectivity index is 2.27. The Hall–Kier alpha value is -1.88. The van der Waals surface area contributed by atoms with Gasteiger partial charge in [0, 0.05) is 11.1 Å². The molecule has 110 valence electrons. The summed E-state index contributed by atoms with van der Waals surface area (Å²) in [6.45, 7) is -0.842. The van der Waals surface area contributed by atoms with Gasteiger partial charge in [0.25, 0.3) is 0 Å². The highest BCUT2D eigenvalue weighted by molar-refractivity contribution is 5.91. The van der Waals surface area contributed by atoms with Crippen LogP contribution >= 0.6 is 0 Å². The molecule has 11 heteroatoms. The molecule has 0 spiro atoms. The van der Waals surface area contributed by atoms with E-state index in [2.05, 4.69) is 15.0 Å². The van der Waals surface area contributed by atoms with Crippen molar-refractivity contribution in [2.24, 2.45) is 15.8 Å². The highest BCUT2D eigenvalue weighted by atomic mass is 16.6. The molecule has 6 N–H and O–H groups in total. The van der Waals surface area contributed by atoms with Gasteiger partial charge in [0.2, 0.25) is 12.1 Å². The molecule has 20 heavy (non-hydrogen) atoms. The van der Waals surface area contributed by atoms with E-state index in [0.29, 0.717) is 0 Å². The summed E-state index contributed by atoms with van der Waals surface area (Å²) in [6, 6.07) is 0. The van der Waals surface area contributed by atoms with Crippen LogP contribution in [0.25, 0.3) is 10.4 Å². The first-order valence-electron chi connectivity index (χ1n) is 5.63. The van der Waals surface area contributed by atoms with Crippen molar-refractivity contribution in [1.29, 1.82) is 0 Å². The zero-order valence-corrected chi connectivity index (χ0v) is 10.2. The number of azide groups is 1. The zero-order chi connectivity index (χ0) is 14.9. The van der Waals surface area contributed by atoms with Crippen LogP contribution in [0.5, 0.6) is 0 Å². The van der Waals surface area contributed by atoms with Gasteiger partial charge in [-0.2, -0.15) is 0 Å². The lowest BCUT2D eigenvalue weighted by molar-refractivity contribution is -0.163. The number of nitrogens with two attached hydrogens (primary N) is 1. The molecule has 0 aromatic heterocycles. The summed E-state index contributed by atoms with van der Waals surface area (Å²) in [6.07, 6.45) is -3.27. The topological polar surface area (TPSA) is 181 Å². The molecule has 0 aromatic carbocycles. The van der Waals surface area contributed by atoms with Crippen molar-refractivity contribution >= 4 is 5.84 Å². The van der Waals surface area contributed by atoms with E-state index in [1.54, 1.807) is 0 Å². The zero-order valence-electron chi connectivity index (χ0n) is 10.2. The first-order valence-corrected chi connectivity index (χ1v) is 5.63. The molecule has 2 aliphatic rings. The molecule has 0 aliphatic carbocycles. The predicted molar refractivity (Wildman–Crippen MR) is 64.5 cm³/mol. The minimum atomic E-state index is -2.03. The smallest absolute Gasteiger partial charge is 0.229 e. The van der Waals surface area contributed by atoms with E-state index in [9.17, 15) is 20.4 Å². The summed E-state index contributed by atoms with van der Waals surface area (Å²) < 4.78 is 5.24. The summed E-state index contributed by atoms with van der Waals surface area (Å²) in [4.78, 5) is 7.18. The number of hydrogen-bond acceptors (Lipinski definition) is 9. The molecule has 1 saturated heterocycles. The Bertz CT molecular complexity index is 491. The lowest BCUT2D eigenvalue weighted by Gasteiger charge is -2.33. The van der Waals surface area contributed by atoms with Crippen LogP contribution < -0.4 is 5.73 Å². The van der Waals surface area contributed by atoms with E-state index in [1.807, 2.05) is 0 Å². The maximum atomic E-state index is 9.95. The second-order valence-corrected chi connectivity index (χ2v) is 4.30. The third kappa shape index (κ3) is 2.18. The summed E-state index contributed by atoms with van der Waals surface area (Å²) in [5.74, 6) is 0.0743. The van der Waals surface area contributed by atoms with Crippen molar-refractivity contribution in [1.82, 2.24) is 4.90 Å². The van der Waals surface area contributed by atoms with Gasteiger partial charge in [-0.3, -0.25) is 0 Å². The Morgan fingerprint density at radius 1 is 1.55 bits per heavy atom. The summed E-state index contributed by atoms with van der Waals surface area (Å²) in [5, 5.41) is 42.0. The van der Waals surface area contributed by atoms with Gasteiger partial charge in [-0.05, 0) is 11.6 Å².